The Kier molecular flexibility index (Phi) is 7.72. The molecule has 118 valence electrons. The van der Waals surface area contributed by atoms with Gasteiger partial charge in [-0.3, -0.25) is 9.69 Å². The van der Waals surface area contributed by atoms with Gasteiger partial charge in [0.25, 0.3) is 0 Å². The minimum atomic E-state index is 0.0983. The summed E-state index contributed by atoms with van der Waals surface area (Å²) < 4.78 is 0. The Morgan fingerprint density at radius 1 is 1.14 bits per heavy atom. The predicted molar refractivity (Wildman–Crippen MR) is 91.6 cm³/mol. The number of carbonyl (C=O) groups excluding carboxylic acids is 1. The Labute approximate surface area is 138 Å². The lowest BCUT2D eigenvalue weighted by Gasteiger charge is -2.31. The zero-order valence-electron chi connectivity index (χ0n) is 13.3. The van der Waals surface area contributed by atoms with Gasteiger partial charge in [0, 0.05) is 18.2 Å². The SMILES string of the molecule is CCC(CC)N(CC(=O)c1ccc(Cl)c(Cl)c1)CC(C)C. The van der Waals surface area contributed by atoms with Crippen LogP contribution < -0.4 is 0 Å². The van der Waals surface area contributed by atoms with E-state index >= 15 is 0 Å². The van der Waals surface area contributed by atoms with Crippen LogP contribution in [-0.4, -0.2) is 29.8 Å². The number of hydrogen-bond donors (Lipinski definition) is 0. The molecular weight excluding hydrogens is 305 g/mol. The van der Waals surface area contributed by atoms with Crippen LogP contribution in [0.2, 0.25) is 10.0 Å². The van der Waals surface area contributed by atoms with Crippen LogP contribution in [0.1, 0.15) is 50.9 Å². The van der Waals surface area contributed by atoms with E-state index in [0.29, 0.717) is 34.1 Å². The fourth-order valence-corrected chi connectivity index (χ4v) is 2.86. The molecule has 1 aromatic carbocycles. The van der Waals surface area contributed by atoms with Crippen molar-refractivity contribution in [2.45, 2.75) is 46.6 Å². The molecule has 1 rings (SSSR count). The van der Waals surface area contributed by atoms with E-state index in [9.17, 15) is 4.79 Å². The Hall–Kier alpha value is -0.570. The summed E-state index contributed by atoms with van der Waals surface area (Å²) in [6, 6.07) is 5.53. The summed E-state index contributed by atoms with van der Waals surface area (Å²) in [4.78, 5) is 14.8. The topological polar surface area (TPSA) is 20.3 Å². The van der Waals surface area contributed by atoms with E-state index in [2.05, 4.69) is 32.6 Å². The summed E-state index contributed by atoms with van der Waals surface area (Å²) >= 11 is 11.9. The standard InChI is InChI=1S/C17H25Cl2NO/c1-5-14(6-2)20(10-12(3)4)11-17(21)13-7-8-15(18)16(19)9-13/h7-9,12,14H,5-6,10-11H2,1-4H3. The number of ketones is 1. The average Bonchev–Trinajstić information content (AvgIpc) is 2.42. The second kappa shape index (κ2) is 8.77. The highest BCUT2D eigenvalue weighted by molar-refractivity contribution is 6.42. The molecule has 0 saturated heterocycles. The number of rotatable bonds is 8. The van der Waals surface area contributed by atoms with Gasteiger partial charge in [0.05, 0.1) is 16.6 Å². The normalized spacial score (nSPS) is 11.7. The van der Waals surface area contributed by atoms with Crippen molar-refractivity contribution in [2.24, 2.45) is 5.92 Å². The summed E-state index contributed by atoms with van der Waals surface area (Å²) in [6.45, 7) is 10.1. The molecular formula is C17H25Cl2NO. The molecule has 1 aromatic rings. The van der Waals surface area contributed by atoms with Gasteiger partial charge in [0.2, 0.25) is 0 Å². The van der Waals surface area contributed by atoms with Crippen molar-refractivity contribution in [3.8, 4) is 0 Å². The number of carbonyl (C=O) groups is 1. The summed E-state index contributed by atoms with van der Waals surface area (Å²) in [5, 5.41) is 0.910. The van der Waals surface area contributed by atoms with Gasteiger partial charge >= 0.3 is 0 Å². The van der Waals surface area contributed by atoms with Crippen LogP contribution in [0.25, 0.3) is 0 Å². The van der Waals surface area contributed by atoms with Gasteiger partial charge in [-0.2, -0.15) is 0 Å². The maximum atomic E-state index is 12.5. The van der Waals surface area contributed by atoms with E-state index in [-0.39, 0.29) is 5.78 Å². The molecule has 0 fully saturated rings. The zero-order valence-corrected chi connectivity index (χ0v) is 14.8. The highest BCUT2D eigenvalue weighted by atomic mass is 35.5. The van der Waals surface area contributed by atoms with Gasteiger partial charge in [0.1, 0.15) is 0 Å². The van der Waals surface area contributed by atoms with Gasteiger partial charge in [-0.15, -0.1) is 0 Å². The Morgan fingerprint density at radius 2 is 1.76 bits per heavy atom. The van der Waals surface area contributed by atoms with E-state index in [0.717, 1.165) is 19.4 Å². The lowest BCUT2D eigenvalue weighted by molar-refractivity contribution is 0.0866. The molecule has 0 spiro atoms. The highest BCUT2D eigenvalue weighted by Gasteiger charge is 2.20. The number of hydrogen-bond acceptors (Lipinski definition) is 2. The van der Waals surface area contributed by atoms with Crippen molar-refractivity contribution in [1.29, 1.82) is 0 Å². The predicted octanol–water partition coefficient (Wildman–Crippen LogP) is 5.32. The highest BCUT2D eigenvalue weighted by Crippen LogP contribution is 2.23. The molecule has 0 amide bonds. The smallest absolute Gasteiger partial charge is 0.176 e. The van der Waals surface area contributed by atoms with Crippen molar-refractivity contribution in [1.82, 2.24) is 4.90 Å². The maximum absolute atomic E-state index is 12.5. The molecule has 0 aliphatic rings. The van der Waals surface area contributed by atoms with Gasteiger partial charge in [-0.1, -0.05) is 50.9 Å². The molecule has 0 unspecified atom stereocenters. The third-order valence-electron chi connectivity index (χ3n) is 3.65. The van der Waals surface area contributed by atoms with E-state index in [1.807, 2.05) is 0 Å². The van der Waals surface area contributed by atoms with Crippen LogP contribution in [0.3, 0.4) is 0 Å². The van der Waals surface area contributed by atoms with Crippen molar-refractivity contribution < 1.29 is 4.79 Å². The lowest BCUT2D eigenvalue weighted by Crippen LogP contribution is -2.40. The first-order valence-corrected chi connectivity index (χ1v) is 8.36. The molecule has 21 heavy (non-hydrogen) atoms. The zero-order chi connectivity index (χ0) is 16.0. The molecule has 0 bridgehead atoms. The lowest BCUT2D eigenvalue weighted by atomic mass is 10.0. The Morgan fingerprint density at radius 3 is 2.24 bits per heavy atom. The Balaban J connectivity index is 2.86. The third kappa shape index (κ3) is 5.61. The van der Waals surface area contributed by atoms with Gasteiger partial charge in [0.15, 0.2) is 5.78 Å². The average molecular weight is 330 g/mol. The van der Waals surface area contributed by atoms with E-state index in [4.69, 9.17) is 23.2 Å². The minimum absolute atomic E-state index is 0.0983. The van der Waals surface area contributed by atoms with Crippen LogP contribution in [-0.2, 0) is 0 Å². The number of Topliss-reactive ketones (excluding diaryl/α,β-unsaturated/α-hetero) is 1. The first-order chi connectivity index (χ1) is 9.88. The number of nitrogens with zero attached hydrogens (tertiary/aromatic N) is 1. The van der Waals surface area contributed by atoms with Crippen molar-refractivity contribution in [3.63, 3.8) is 0 Å². The fraction of sp³-hybridized carbons (Fsp3) is 0.588. The molecule has 0 saturated carbocycles. The molecule has 0 aliphatic carbocycles. The van der Waals surface area contributed by atoms with Crippen LogP contribution in [0, 0.1) is 5.92 Å². The summed E-state index contributed by atoms with van der Waals surface area (Å²) in [5.74, 6) is 0.633. The van der Waals surface area contributed by atoms with Gasteiger partial charge in [-0.25, -0.2) is 0 Å². The van der Waals surface area contributed by atoms with E-state index in [1.54, 1.807) is 18.2 Å². The molecule has 0 aliphatic heterocycles. The largest absolute Gasteiger partial charge is 0.293 e. The third-order valence-corrected chi connectivity index (χ3v) is 4.39. The molecule has 2 nitrogen and oxygen atoms in total. The van der Waals surface area contributed by atoms with E-state index < -0.39 is 0 Å². The van der Waals surface area contributed by atoms with Crippen molar-refractivity contribution >= 4 is 29.0 Å². The maximum Gasteiger partial charge on any atom is 0.176 e. The first kappa shape index (κ1) is 18.5. The van der Waals surface area contributed by atoms with E-state index in [1.165, 1.54) is 0 Å². The van der Waals surface area contributed by atoms with Crippen LogP contribution in [0.4, 0.5) is 0 Å². The van der Waals surface area contributed by atoms with Crippen LogP contribution >= 0.6 is 23.2 Å². The molecule has 0 radical (unpaired) electrons. The first-order valence-electron chi connectivity index (χ1n) is 7.61. The van der Waals surface area contributed by atoms with Gasteiger partial charge < -0.3 is 0 Å². The molecule has 0 N–H and O–H groups in total. The summed E-state index contributed by atoms with van der Waals surface area (Å²) in [7, 11) is 0. The van der Waals surface area contributed by atoms with Crippen molar-refractivity contribution in [3.05, 3.63) is 33.8 Å². The minimum Gasteiger partial charge on any atom is -0.293 e. The number of benzene rings is 1. The molecule has 0 heterocycles. The molecule has 0 aromatic heterocycles. The quantitative estimate of drug-likeness (QED) is 0.601. The van der Waals surface area contributed by atoms with Crippen molar-refractivity contribution in [2.75, 3.05) is 13.1 Å². The van der Waals surface area contributed by atoms with Gasteiger partial charge in [-0.05, 0) is 37.0 Å². The second-order valence-electron chi connectivity index (χ2n) is 5.85. The monoisotopic (exact) mass is 329 g/mol. The van der Waals surface area contributed by atoms with Crippen LogP contribution in [0.15, 0.2) is 18.2 Å². The molecule has 4 heteroatoms. The summed E-state index contributed by atoms with van der Waals surface area (Å²) in [5.41, 5.74) is 0.629. The summed E-state index contributed by atoms with van der Waals surface area (Å²) in [6.07, 6.45) is 2.11. The Bertz CT molecular complexity index is 470. The van der Waals surface area contributed by atoms with Crippen LogP contribution in [0.5, 0.6) is 0 Å². The second-order valence-corrected chi connectivity index (χ2v) is 6.66. The number of halogens is 2. The molecule has 0 atom stereocenters. The fourth-order valence-electron chi connectivity index (χ4n) is 2.56.